The van der Waals surface area contributed by atoms with Gasteiger partial charge < -0.3 is 0 Å². The van der Waals surface area contributed by atoms with Crippen molar-refractivity contribution in [3.8, 4) is 0 Å². The van der Waals surface area contributed by atoms with Gasteiger partial charge in [-0.3, -0.25) is 0 Å². The van der Waals surface area contributed by atoms with Gasteiger partial charge in [0.2, 0.25) is 0 Å². The Labute approximate surface area is 112 Å². The van der Waals surface area contributed by atoms with Crippen LogP contribution in [0.3, 0.4) is 0 Å². The minimum Gasteiger partial charge on any atom is -0.114 e. The van der Waals surface area contributed by atoms with Crippen molar-refractivity contribution >= 4 is 82.7 Å². The Hall–Kier alpha value is 3.27. The molecule has 0 fully saturated rings. The van der Waals surface area contributed by atoms with Crippen LogP contribution in [0.4, 0.5) is 0 Å². The number of rotatable bonds is 3. The Balaban J connectivity index is 4.28. The molecule has 0 saturated heterocycles. The van der Waals surface area contributed by atoms with Crippen LogP contribution >= 0.6 is 82.7 Å². The molecular formula is C5H12I4S. The number of hydrogen-bond acceptors (Lipinski definition) is 0. The first-order valence-electron chi connectivity index (χ1n) is 3.17. The van der Waals surface area contributed by atoms with Gasteiger partial charge in [-0.2, -0.15) is 0 Å². The highest BCUT2D eigenvalue weighted by Gasteiger charge is 2.34. The minimum absolute atomic E-state index is 0.924. The van der Waals surface area contributed by atoms with Gasteiger partial charge in [0.15, 0.2) is 0 Å². The summed E-state index contributed by atoms with van der Waals surface area (Å²) in [7, 11) is 0. The SMILES string of the molecule is CCC(CC)[SH](I)(I)(I)I. The molecule has 66 valence electrons. The van der Waals surface area contributed by atoms with Crippen LogP contribution < -0.4 is 0 Å². The van der Waals surface area contributed by atoms with E-state index >= 15 is 0 Å². The molecule has 0 atom stereocenters. The van der Waals surface area contributed by atoms with Crippen LogP contribution in [0.1, 0.15) is 26.7 Å². The largest absolute Gasteiger partial charge is 0.114 e. The van der Waals surface area contributed by atoms with Crippen LogP contribution in [-0.2, 0) is 0 Å². The van der Waals surface area contributed by atoms with Crippen molar-refractivity contribution in [3.05, 3.63) is 0 Å². The Morgan fingerprint density at radius 2 is 1.30 bits per heavy atom. The standard InChI is InChI=1S/C5H12I4S/c1-3-5(4-2)10(6,7,8)9/h5,10H,3-4H2,1-2H3. The summed E-state index contributed by atoms with van der Waals surface area (Å²) in [6.45, 7) is 4.59. The van der Waals surface area contributed by atoms with E-state index < -0.39 is -2.15 Å². The van der Waals surface area contributed by atoms with Crippen LogP contribution in [0.15, 0.2) is 0 Å². The molecule has 0 amide bonds. The predicted molar refractivity (Wildman–Crippen MR) is 89.4 cm³/mol. The second-order valence-corrected chi connectivity index (χ2v) is 61.8. The van der Waals surface area contributed by atoms with Crippen molar-refractivity contribution in [2.24, 2.45) is 0 Å². The van der Waals surface area contributed by atoms with Gasteiger partial charge in [-0.05, 0) is 97.7 Å². The molecule has 0 radical (unpaired) electrons. The van der Waals surface area contributed by atoms with Crippen molar-refractivity contribution in [1.82, 2.24) is 0 Å². The van der Waals surface area contributed by atoms with Crippen molar-refractivity contribution in [1.29, 1.82) is 0 Å². The molecule has 5 heteroatoms. The van der Waals surface area contributed by atoms with Gasteiger partial charge >= 0.3 is 0 Å². The third kappa shape index (κ3) is 5.10. The van der Waals surface area contributed by atoms with E-state index in [2.05, 4.69) is 98.7 Å². The van der Waals surface area contributed by atoms with E-state index in [1.54, 1.807) is 0 Å². The smallest absolute Gasteiger partial charge is 0.00407 e. The maximum absolute atomic E-state index is 2.66. The van der Waals surface area contributed by atoms with Gasteiger partial charge in [0.05, 0.1) is 0 Å². The van der Waals surface area contributed by atoms with Crippen molar-refractivity contribution in [2.75, 3.05) is 0 Å². The molecule has 0 nitrogen and oxygen atoms in total. The van der Waals surface area contributed by atoms with Crippen LogP contribution in [0.5, 0.6) is 0 Å². The molecule has 0 aromatic carbocycles. The van der Waals surface area contributed by atoms with E-state index in [9.17, 15) is 0 Å². The molecule has 0 aliphatic rings. The maximum Gasteiger partial charge on any atom is 0.00407 e. The lowest BCUT2D eigenvalue weighted by molar-refractivity contribution is 0.796. The van der Waals surface area contributed by atoms with E-state index in [-0.39, 0.29) is 0 Å². The molecule has 0 saturated carbocycles. The lowest BCUT2D eigenvalue weighted by Crippen LogP contribution is -2.07. The normalized spacial score (nSPS) is 16.9. The van der Waals surface area contributed by atoms with Crippen molar-refractivity contribution in [2.45, 2.75) is 31.9 Å². The lowest BCUT2D eigenvalue weighted by atomic mass is 10.3. The van der Waals surface area contributed by atoms with Gasteiger partial charge in [0.1, 0.15) is 0 Å². The van der Waals surface area contributed by atoms with E-state index in [1.165, 1.54) is 12.8 Å². The molecule has 0 spiro atoms. The predicted octanol–water partition coefficient (Wildman–Crippen LogP) is 5.65. The third-order valence-electron chi connectivity index (χ3n) is 1.49. The molecule has 0 aromatic rings. The molecule has 0 rings (SSSR count). The summed E-state index contributed by atoms with van der Waals surface area (Å²) < 4.78 is -1.36. The fourth-order valence-electron chi connectivity index (χ4n) is 0.841. The monoisotopic (exact) mass is 612 g/mol. The lowest BCUT2D eigenvalue weighted by Gasteiger charge is -2.45. The van der Waals surface area contributed by atoms with Crippen LogP contribution in [0.25, 0.3) is 0 Å². The Morgan fingerprint density at radius 1 is 1.00 bits per heavy atom. The summed E-state index contributed by atoms with van der Waals surface area (Å²) in [6.07, 6.45) is 2.65. The molecule has 10 heavy (non-hydrogen) atoms. The summed E-state index contributed by atoms with van der Waals surface area (Å²) in [5, 5.41) is 0.924. The van der Waals surface area contributed by atoms with Gasteiger partial charge in [-0.15, -0.1) is -2.15 Å². The average molecular weight is 612 g/mol. The zero-order valence-corrected chi connectivity index (χ0v) is 15.5. The quantitative estimate of drug-likeness (QED) is 0.310. The van der Waals surface area contributed by atoms with E-state index in [0.717, 1.165) is 5.25 Å². The van der Waals surface area contributed by atoms with E-state index in [4.69, 9.17) is 0 Å². The highest BCUT2D eigenvalue weighted by atomic mass is 127. The Kier molecular flexibility index (Phi) is 6.20. The molecular weight excluding hydrogens is 600 g/mol. The Morgan fingerprint density at radius 3 is 1.30 bits per heavy atom. The Bertz CT molecular complexity index is 103. The average Bonchev–Trinajstić information content (AvgIpc) is 1.62. The molecule has 0 N–H and O–H groups in total. The second-order valence-electron chi connectivity index (χ2n) is 2.24. The summed E-state index contributed by atoms with van der Waals surface area (Å²) in [5.41, 5.74) is 0. The van der Waals surface area contributed by atoms with E-state index in [0.29, 0.717) is 0 Å². The number of hydrogen-bond donors (Lipinski definition) is 1. The summed E-state index contributed by atoms with van der Waals surface area (Å²) in [6, 6.07) is 0. The summed E-state index contributed by atoms with van der Waals surface area (Å²) in [4.78, 5) is 0. The third-order valence-corrected chi connectivity index (χ3v) is 12.8. The fraction of sp³-hybridized carbons (Fsp3) is 1.00. The second kappa shape index (κ2) is 4.67. The van der Waals surface area contributed by atoms with Crippen molar-refractivity contribution in [3.63, 3.8) is 0 Å². The highest BCUT2D eigenvalue weighted by Crippen LogP contribution is 2.98. The molecule has 0 aliphatic heterocycles. The first-order chi connectivity index (χ1) is 4.28. The summed E-state index contributed by atoms with van der Waals surface area (Å²) in [5.74, 6) is 0. The topological polar surface area (TPSA) is 0 Å². The zero-order valence-electron chi connectivity index (χ0n) is 5.95. The van der Waals surface area contributed by atoms with Crippen LogP contribution in [0, 0.1) is 0 Å². The zero-order chi connectivity index (χ0) is 8.44. The van der Waals surface area contributed by atoms with Gasteiger partial charge in [-0.25, -0.2) is 0 Å². The minimum atomic E-state index is -1.36. The number of thiol groups is 1. The highest BCUT2D eigenvalue weighted by molar-refractivity contribution is 14.6. The first-order valence-corrected chi connectivity index (χ1v) is 16.6. The fourth-order valence-corrected chi connectivity index (χ4v) is 11.4. The summed E-state index contributed by atoms with van der Waals surface area (Å²) >= 11 is 10.7. The molecule has 0 aliphatic carbocycles. The van der Waals surface area contributed by atoms with Crippen LogP contribution in [-0.4, -0.2) is 5.25 Å². The van der Waals surface area contributed by atoms with Crippen molar-refractivity contribution < 1.29 is 0 Å². The van der Waals surface area contributed by atoms with Gasteiger partial charge in [-0.1, -0.05) is 13.8 Å². The van der Waals surface area contributed by atoms with E-state index in [1.807, 2.05) is 0 Å². The molecule has 0 bridgehead atoms. The van der Waals surface area contributed by atoms with Crippen LogP contribution in [0.2, 0.25) is 0 Å². The first kappa shape index (κ1) is 13.3. The molecule has 0 aromatic heterocycles. The number of halogens is 4. The molecule has 0 heterocycles. The van der Waals surface area contributed by atoms with Gasteiger partial charge in [0, 0.05) is 5.25 Å². The van der Waals surface area contributed by atoms with Gasteiger partial charge in [0.25, 0.3) is 0 Å². The molecule has 0 unspecified atom stereocenters. The maximum atomic E-state index is 2.66.